The Hall–Kier alpha value is -1.79. The summed E-state index contributed by atoms with van der Waals surface area (Å²) in [5, 5.41) is 3.97. The monoisotopic (exact) mass is 289 g/mol. The van der Waals surface area contributed by atoms with Gasteiger partial charge in [-0.1, -0.05) is 25.1 Å². The molecule has 0 radical (unpaired) electrons. The predicted octanol–water partition coefficient (Wildman–Crippen LogP) is 2.29. The molecule has 1 aromatic carbocycles. The van der Waals surface area contributed by atoms with Crippen molar-refractivity contribution in [3.8, 4) is 0 Å². The van der Waals surface area contributed by atoms with Crippen molar-refractivity contribution in [2.75, 3.05) is 18.0 Å². The van der Waals surface area contributed by atoms with Gasteiger partial charge in [0.2, 0.25) is 0 Å². The summed E-state index contributed by atoms with van der Waals surface area (Å²) < 4.78 is 0. The minimum atomic E-state index is 0.390. The molecule has 0 unspecified atom stereocenters. The van der Waals surface area contributed by atoms with Crippen LogP contribution < -0.4 is 16.8 Å². The second kappa shape index (κ2) is 7.12. The smallest absolute Gasteiger partial charge is 0.196 e. The summed E-state index contributed by atoms with van der Waals surface area (Å²) in [6, 6.07) is 9.73. The maximum Gasteiger partial charge on any atom is 0.196 e. The van der Waals surface area contributed by atoms with Gasteiger partial charge in [0.25, 0.3) is 0 Å². The molecule has 6 heteroatoms. The molecule has 5 N–H and O–H groups in total. The first-order chi connectivity index (χ1) is 9.69. The van der Waals surface area contributed by atoms with Crippen molar-refractivity contribution in [3.05, 3.63) is 35.9 Å². The first-order valence-electron chi connectivity index (χ1n) is 6.55. The van der Waals surface area contributed by atoms with Crippen LogP contribution in [0, 0.1) is 0 Å². The number of nitrogens with zero attached hydrogens (tertiary/aromatic N) is 2. The molecule has 1 aromatic heterocycles. The molecule has 0 aliphatic carbocycles. The molecule has 0 fully saturated rings. The lowest BCUT2D eigenvalue weighted by molar-refractivity contribution is 0.669. The molecular formula is C14H19N5S. The molecule has 0 saturated carbocycles. The number of aromatic nitrogens is 2. The Morgan fingerprint density at radius 3 is 2.55 bits per heavy atom. The van der Waals surface area contributed by atoms with Crippen LogP contribution in [0.5, 0.6) is 0 Å². The van der Waals surface area contributed by atoms with Gasteiger partial charge in [-0.2, -0.15) is 0 Å². The Morgan fingerprint density at radius 1 is 1.15 bits per heavy atom. The average Bonchev–Trinajstić information content (AvgIpc) is 2.40. The average molecular weight is 289 g/mol. The molecule has 0 saturated heterocycles. The fourth-order valence-electron chi connectivity index (χ4n) is 1.76. The van der Waals surface area contributed by atoms with Crippen molar-refractivity contribution in [3.63, 3.8) is 0 Å². The first-order valence-corrected chi connectivity index (χ1v) is 7.37. The Bertz CT molecular complexity index is 553. The zero-order valence-corrected chi connectivity index (χ0v) is 12.3. The highest BCUT2D eigenvalue weighted by atomic mass is 32.2. The first kappa shape index (κ1) is 14.6. The Balaban J connectivity index is 2.15. The molecule has 5 nitrogen and oxygen atoms in total. The number of nitrogen functional groups attached to an aromatic ring is 2. The van der Waals surface area contributed by atoms with E-state index in [0.29, 0.717) is 16.8 Å². The Kier molecular flexibility index (Phi) is 5.20. The van der Waals surface area contributed by atoms with Crippen LogP contribution in [0.1, 0.15) is 18.9 Å². The van der Waals surface area contributed by atoms with Crippen LogP contribution in [0.15, 0.2) is 40.4 Å². The lowest BCUT2D eigenvalue weighted by atomic mass is 10.2. The molecule has 0 aliphatic rings. The molecule has 0 bridgehead atoms. The van der Waals surface area contributed by atoms with Crippen LogP contribution in [0.25, 0.3) is 0 Å². The van der Waals surface area contributed by atoms with Crippen molar-refractivity contribution >= 4 is 23.4 Å². The maximum atomic E-state index is 5.69. The Labute approximate surface area is 123 Å². The number of rotatable bonds is 6. The molecular weight excluding hydrogens is 270 g/mol. The van der Waals surface area contributed by atoms with Gasteiger partial charge in [0.15, 0.2) is 5.16 Å². The number of anilines is 2. The van der Waals surface area contributed by atoms with Gasteiger partial charge in [0.1, 0.15) is 11.6 Å². The maximum absolute atomic E-state index is 5.69. The summed E-state index contributed by atoms with van der Waals surface area (Å²) in [7, 11) is 0. The van der Waals surface area contributed by atoms with Crippen molar-refractivity contribution < 1.29 is 0 Å². The molecule has 0 spiro atoms. The van der Waals surface area contributed by atoms with Crippen LogP contribution in [-0.2, 0) is 6.54 Å². The molecule has 1 heterocycles. The third-order valence-corrected chi connectivity index (χ3v) is 3.64. The van der Waals surface area contributed by atoms with Crippen LogP contribution in [-0.4, -0.2) is 16.5 Å². The second-order valence-electron chi connectivity index (χ2n) is 4.39. The topological polar surface area (TPSA) is 89.8 Å². The molecule has 2 rings (SSSR count). The van der Waals surface area contributed by atoms with Crippen molar-refractivity contribution in [2.45, 2.75) is 29.9 Å². The summed E-state index contributed by atoms with van der Waals surface area (Å²) in [4.78, 5) is 9.50. The zero-order chi connectivity index (χ0) is 14.4. The summed E-state index contributed by atoms with van der Waals surface area (Å²) >= 11 is 1.48. The van der Waals surface area contributed by atoms with Crippen LogP contribution >= 0.6 is 11.8 Å². The van der Waals surface area contributed by atoms with Gasteiger partial charge in [-0.25, -0.2) is 9.97 Å². The third-order valence-electron chi connectivity index (χ3n) is 2.66. The molecule has 106 valence electrons. The van der Waals surface area contributed by atoms with Gasteiger partial charge < -0.3 is 16.8 Å². The normalized spacial score (nSPS) is 10.7. The number of nitrogens with one attached hydrogen (secondary N) is 1. The van der Waals surface area contributed by atoms with E-state index in [9.17, 15) is 0 Å². The van der Waals surface area contributed by atoms with E-state index in [1.807, 2.05) is 12.1 Å². The van der Waals surface area contributed by atoms with E-state index in [1.54, 1.807) is 6.07 Å². The van der Waals surface area contributed by atoms with Gasteiger partial charge >= 0.3 is 0 Å². The summed E-state index contributed by atoms with van der Waals surface area (Å²) in [5.74, 6) is 0.781. The van der Waals surface area contributed by atoms with Gasteiger partial charge in [0.05, 0.1) is 0 Å². The van der Waals surface area contributed by atoms with Crippen LogP contribution in [0.4, 0.5) is 11.6 Å². The second-order valence-corrected chi connectivity index (χ2v) is 5.40. The highest BCUT2D eigenvalue weighted by molar-refractivity contribution is 7.99. The number of nitrogens with two attached hydrogens (primary N) is 2. The van der Waals surface area contributed by atoms with Gasteiger partial charge in [-0.05, 0) is 36.4 Å². The fourth-order valence-corrected chi connectivity index (χ4v) is 2.67. The molecule has 20 heavy (non-hydrogen) atoms. The highest BCUT2D eigenvalue weighted by Crippen LogP contribution is 2.28. The summed E-state index contributed by atoms with van der Waals surface area (Å²) in [5.41, 5.74) is 12.6. The molecule has 0 amide bonds. The van der Waals surface area contributed by atoms with E-state index < -0.39 is 0 Å². The lowest BCUT2D eigenvalue weighted by Gasteiger charge is -2.09. The predicted molar refractivity (Wildman–Crippen MR) is 83.4 cm³/mol. The van der Waals surface area contributed by atoms with Gasteiger partial charge in [-0.3, -0.25) is 0 Å². The van der Waals surface area contributed by atoms with Gasteiger partial charge in [0, 0.05) is 17.5 Å². The minimum Gasteiger partial charge on any atom is -0.383 e. The van der Waals surface area contributed by atoms with Crippen LogP contribution in [0.3, 0.4) is 0 Å². The molecule has 0 aliphatic heterocycles. The standard InChI is InChI=1S/C14H19N5S/c1-2-7-17-9-10-5-3-4-6-11(10)20-14-18-12(15)8-13(16)19-14/h3-6,8,17H,2,7,9H2,1H3,(H4,15,16,18,19). The van der Waals surface area contributed by atoms with Crippen LogP contribution in [0.2, 0.25) is 0 Å². The summed E-state index contributed by atoms with van der Waals surface area (Å²) in [6.07, 6.45) is 1.12. The minimum absolute atomic E-state index is 0.390. The van der Waals surface area contributed by atoms with E-state index in [2.05, 4.69) is 34.3 Å². The largest absolute Gasteiger partial charge is 0.383 e. The fraction of sp³-hybridized carbons (Fsp3) is 0.286. The highest BCUT2D eigenvalue weighted by Gasteiger charge is 2.07. The summed E-state index contributed by atoms with van der Waals surface area (Å²) in [6.45, 7) is 3.98. The Morgan fingerprint density at radius 2 is 1.85 bits per heavy atom. The third kappa shape index (κ3) is 4.11. The molecule has 2 aromatic rings. The quantitative estimate of drug-likeness (QED) is 0.558. The van der Waals surface area contributed by atoms with E-state index in [-0.39, 0.29) is 0 Å². The lowest BCUT2D eigenvalue weighted by Crippen LogP contribution is -2.14. The van der Waals surface area contributed by atoms with E-state index in [1.165, 1.54) is 17.3 Å². The van der Waals surface area contributed by atoms with Gasteiger partial charge in [-0.15, -0.1) is 0 Å². The van der Waals surface area contributed by atoms with Crippen molar-refractivity contribution in [1.82, 2.24) is 15.3 Å². The van der Waals surface area contributed by atoms with E-state index >= 15 is 0 Å². The van der Waals surface area contributed by atoms with Crippen molar-refractivity contribution in [1.29, 1.82) is 0 Å². The van der Waals surface area contributed by atoms with Crippen molar-refractivity contribution in [2.24, 2.45) is 0 Å². The number of benzene rings is 1. The number of hydrogen-bond acceptors (Lipinski definition) is 6. The van der Waals surface area contributed by atoms with E-state index in [0.717, 1.165) is 24.4 Å². The SMILES string of the molecule is CCCNCc1ccccc1Sc1nc(N)cc(N)n1. The number of hydrogen-bond donors (Lipinski definition) is 3. The zero-order valence-electron chi connectivity index (χ0n) is 11.5. The molecule has 0 atom stereocenters. The van der Waals surface area contributed by atoms with E-state index in [4.69, 9.17) is 11.5 Å².